The van der Waals surface area contributed by atoms with Crippen molar-refractivity contribution in [3.8, 4) is 0 Å². The Hall–Kier alpha value is -0.0400. The van der Waals surface area contributed by atoms with Crippen molar-refractivity contribution in [2.24, 2.45) is 11.3 Å². The molecule has 102 valence electrons. The summed E-state index contributed by atoms with van der Waals surface area (Å²) >= 11 is 0. The number of hydrogen-bond donors (Lipinski definition) is 1. The van der Waals surface area contributed by atoms with Crippen LogP contribution in [0.2, 0.25) is 0 Å². The zero-order valence-electron chi connectivity index (χ0n) is 12.5. The highest BCUT2D eigenvalue weighted by Gasteiger charge is 2.35. The van der Waals surface area contributed by atoms with Gasteiger partial charge in [0.2, 0.25) is 0 Å². The smallest absolute Gasteiger partial charge is 0.0123 e. The fraction of sp³-hybridized carbons (Fsp3) is 1.00. The maximum Gasteiger partial charge on any atom is 0.0123 e. The van der Waals surface area contributed by atoms with E-state index in [1.54, 1.807) is 0 Å². The van der Waals surface area contributed by atoms with E-state index in [1.807, 2.05) is 0 Å². The molecule has 17 heavy (non-hydrogen) atoms. The average molecular weight is 239 g/mol. The molecule has 1 aliphatic rings. The van der Waals surface area contributed by atoms with E-state index in [0.717, 1.165) is 18.5 Å². The maximum absolute atomic E-state index is 3.79. The van der Waals surface area contributed by atoms with Gasteiger partial charge in [-0.1, -0.05) is 59.8 Å². The van der Waals surface area contributed by atoms with Crippen molar-refractivity contribution in [1.29, 1.82) is 0 Å². The molecule has 0 aromatic rings. The maximum atomic E-state index is 3.79. The topological polar surface area (TPSA) is 12.0 Å². The summed E-state index contributed by atoms with van der Waals surface area (Å²) in [6, 6.07) is 0.748. The van der Waals surface area contributed by atoms with E-state index >= 15 is 0 Å². The van der Waals surface area contributed by atoms with Gasteiger partial charge >= 0.3 is 0 Å². The molecule has 1 N–H and O–H groups in total. The van der Waals surface area contributed by atoms with Crippen molar-refractivity contribution in [3.05, 3.63) is 0 Å². The summed E-state index contributed by atoms with van der Waals surface area (Å²) in [5, 5.41) is 3.79. The highest BCUT2D eigenvalue weighted by atomic mass is 14.9. The fourth-order valence-electron chi connectivity index (χ4n) is 3.52. The Morgan fingerprint density at radius 1 is 1.00 bits per heavy atom. The van der Waals surface area contributed by atoms with Gasteiger partial charge in [-0.15, -0.1) is 0 Å². The van der Waals surface area contributed by atoms with E-state index in [-0.39, 0.29) is 0 Å². The lowest BCUT2D eigenvalue weighted by atomic mass is 9.68. The van der Waals surface area contributed by atoms with Crippen LogP contribution in [0.4, 0.5) is 0 Å². The molecule has 0 saturated heterocycles. The second-order valence-electron chi connectivity index (χ2n) is 6.24. The first kappa shape index (κ1) is 15.0. The van der Waals surface area contributed by atoms with Gasteiger partial charge < -0.3 is 5.32 Å². The first-order valence-corrected chi connectivity index (χ1v) is 7.89. The Balaban J connectivity index is 2.62. The SMILES string of the molecule is CCNC(CC(CC)CC)C1(C)CCCCC1. The molecule has 1 rings (SSSR count). The molecule has 0 radical (unpaired) electrons. The van der Waals surface area contributed by atoms with Gasteiger partial charge in [0.25, 0.3) is 0 Å². The molecule has 0 aromatic carbocycles. The fourth-order valence-corrected chi connectivity index (χ4v) is 3.52. The summed E-state index contributed by atoms with van der Waals surface area (Å²) in [6.45, 7) is 10.6. The summed E-state index contributed by atoms with van der Waals surface area (Å²) in [4.78, 5) is 0. The molecule has 0 spiro atoms. The van der Waals surface area contributed by atoms with E-state index in [2.05, 4.69) is 33.0 Å². The molecule has 1 heteroatoms. The predicted octanol–water partition coefficient (Wildman–Crippen LogP) is 4.76. The van der Waals surface area contributed by atoms with E-state index in [4.69, 9.17) is 0 Å². The zero-order valence-corrected chi connectivity index (χ0v) is 12.5. The third-order valence-corrected chi connectivity index (χ3v) is 5.01. The molecule has 1 fully saturated rings. The Morgan fingerprint density at radius 3 is 2.06 bits per heavy atom. The van der Waals surface area contributed by atoms with Crippen molar-refractivity contribution in [1.82, 2.24) is 5.32 Å². The largest absolute Gasteiger partial charge is 0.314 e. The van der Waals surface area contributed by atoms with Crippen LogP contribution in [-0.2, 0) is 0 Å². The monoisotopic (exact) mass is 239 g/mol. The van der Waals surface area contributed by atoms with Gasteiger partial charge in [0.05, 0.1) is 0 Å². The van der Waals surface area contributed by atoms with Crippen molar-refractivity contribution in [2.75, 3.05) is 6.54 Å². The first-order valence-electron chi connectivity index (χ1n) is 7.89. The van der Waals surface area contributed by atoms with Gasteiger partial charge in [0, 0.05) is 6.04 Å². The third kappa shape index (κ3) is 4.28. The van der Waals surface area contributed by atoms with Crippen LogP contribution >= 0.6 is 0 Å². The molecule has 1 saturated carbocycles. The van der Waals surface area contributed by atoms with E-state index < -0.39 is 0 Å². The lowest BCUT2D eigenvalue weighted by molar-refractivity contribution is 0.124. The highest BCUT2D eigenvalue weighted by Crippen LogP contribution is 2.41. The van der Waals surface area contributed by atoms with Crippen LogP contribution in [0.1, 0.15) is 79.1 Å². The molecule has 0 heterocycles. The predicted molar refractivity (Wildman–Crippen MR) is 77.3 cm³/mol. The highest BCUT2D eigenvalue weighted by molar-refractivity contribution is 4.90. The van der Waals surface area contributed by atoms with Crippen LogP contribution in [0.25, 0.3) is 0 Å². The minimum absolute atomic E-state index is 0.566. The molecular weight excluding hydrogens is 206 g/mol. The molecule has 1 atom stereocenters. The lowest BCUT2D eigenvalue weighted by Gasteiger charge is -2.42. The Labute approximate surface area is 109 Å². The van der Waals surface area contributed by atoms with Gasteiger partial charge in [0.15, 0.2) is 0 Å². The minimum Gasteiger partial charge on any atom is -0.314 e. The van der Waals surface area contributed by atoms with Crippen LogP contribution in [0.3, 0.4) is 0 Å². The molecule has 0 aromatic heterocycles. The van der Waals surface area contributed by atoms with Crippen LogP contribution < -0.4 is 5.32 Å². The van der Waals surface area contributed by atoms with Gasteiger partial charge in [-0.2, -0.15) is 0 Å². The average Bonchev–Trinajstić information content (AvgIpc) is 2.35. The van der Waals surface area contributed by atoms with E-state index in [1.165, 1.54) is 51.4 Å². The first-order chi connectivity index (χ1) is 8.16. The van der Waals surface area contributed by atoms with Crippen molar-refractivity contribution in [3.63, 3.8) is 0 Å². The molecule has 1 aliphatic carbocycles. The third-order valence-electron chi connectivity index (χ3n) is 5.01. The molecule has 0 bridgehead atoms. The zero-order chi connectivity index (χ0) is 12.7. The standard InChI is InChI=1S/C16H33N/c1-5-14(6-2)13-15(17-7-3)16(4)11-9-8-10-12-16/h14-15,17H,5-13H2,1-4H3. The minimum atomic E-state index is 0.566. The number of rotatable bonds is 7. The Bertz CT molecular complexity index is 190. The van der Waals surface area contributed by atoms with Gasteiger partial charge in [-0.05, 0) is 37.1 Å². The molecule has 1 nitrogen and oxygen atoms in total. The lowest BCUT2D eigenvalue weighted by Crippen LogP contribution is -2.45. The van der Waals surface area contributed by atoms with Gasteiger partial charge in [-0.25, -0.2) is 0 Å². The van der Waals surface area contributed by atoms with Gasteiger partial charge in [0.1, 0.15) is 0 Å². The number of hydrogen-bond acceptors (Lipinski definition) is 1. The Morgan fingerprint density at radius 2 is 1.59 bits per heavy atom. The summed E-state index contributed by atoms with van der Waals surface area (Å²) in [6.07, 6.45) is 11.3. The van der Waals surface area contributed by atoms with Crippen molar-refractivity contribution >= 4 is 0 Å². The molecule has 0 amide bonds. The van der Waals surface area contributed by atoms with Crippen LogP contribution in [0, 0.1) is 11.3 Å². The second kappa shape index (κ2) is 7.41. The molecular formula is C16H33N. The van der Waals surface area contributed by atoms with Crippen molar-refractivity contribution in [2.45, 2.75) is 85.1 Å². The van der Waals surface area contributed by atoms with Crippen LogP contribution in [0.15, 0.2) is 0 Å². The summed E-state index contributed by atoms with van der Waals surface area (Å²) < 4.78 is 0. The van der Waals surface area contributed by atoms with Crippen molar-refractivity contribution < 1.29 is 0 Å². The summed E-state index contributed by atoms with van der Waals surface area (Å²) in [5.41, 5.74) is 0.566. The van der Waals surface area contributed by atoms with E-state index in [0.29, 0.717) is 5.41 Å². The Kier molecular flexibility index (Phi) is 6.54. The van der Waals surface area contributed by atoms with E-state index in [9.17, 15) is 0 Å². The second-order valence-corrected chi connectivity index (χ2v) is 6.24. The van der Waals surface area contributed by atoms with Crippen LogP contribution in [0.5, 0.6) is 0 Å². The molecule has 1 unspecified atom stereocenters. The number of nitrogens with one attached hydrogen (secondary N) is 1. The molecule has 0 aliphatic heterocycles. The normalized spacial score (nSPS) is 21.7. The van der Waals surface area contributed by atoms with Crippen LogP contribution in [-0.4, -0.2) is 12.6 Å². The quantitative estimate of drug-likeness (QED) is 0.675. The van der Waals surface area contributed by atoms with Gasteiger partial charge in [-0.3, -0.25) is 0 Å². The summed E-state index contributed by atoms with van der Waals surface area (Å²) in [7, 11) is 0. The summed E-state index contributed by atoms with van der Waals surface area (Å²) in [5.74, 6) is 0.915.